The zero-order valence-electron chi connectivity index (χ0n) is 11.3. The molecule has 0 spiro atoms. The average Bonchev–Trinajstić information content (AvgIpc) is 2.94. The summed E-state index contributed by atoms with van der Waals surface area (Å²) in [6.07, 6.45) is 1.81. The average molecular weight is 280 g/mol. The van der Waals surface area contributed by atoms with Gasteiger partial charge >= 0.3 is 0 Å². The van der Waals surface area contributed by atoms with Gasteiger partial charge in [-0.25, -0.2) is 4.98 Å². The van der Waals surface area contributed by atoms with Gasteiger partial charge in [0, 0.05) is 18.8 Å². The van der Waals surface area contributed by atoms with E-state index in [9.17, 15) is 0 Å². The molecule has 0 radical (unpaired) electrons. The minimum atomic E-state index is 0.585. The number of nitrogens with zero attached hydrogens (tertiary/aromatic N) is 1. The standard InChI is InChI=1S/C13H16N2O3S/c1-14-13-15-7-10(19-13)8-5-6-9(16-2)12(18-4)11(8)17-3/h5-7H,1-4H3,(H,14,15). The van der Waals surface area contributed by atoms with E-state index in [-0.39, 0.29) is 0 Å². The Balaban J connectivity index is 2.56. The molecule has 0 amide bonds. The summed E-state index contributed by atoms with van der Waals surface area (Å²) in [5.41, 5.74) is 0.930. The van der Waals surface area contributed by atoms with Gasteiger partial charge in [0.2, 0.25) is 5.75 Å². The molecule has 19 heavy (non-hydrogen) atoms. The first-order valence-electron chi connectivity index (χ1n) is 5.68. The van der Waals surface area contributed by atoms with Crippen LogP contribution in [0.4, 0.5) is 5.13 Å². The second kappa shape index (κ2) is 5.79. The molecule has 0 bridgehead atoms. The molecular weight excluding hydrogens is 264 g/mol. The maximum absolute atomic E-state index is 5.46. The molecule has 2 aromatic rings. The van der Waals surface area contributed by atoms with Gasteiger partial charge in [-0.2, -0.15) is 0 Å². The molecule has 1 aromatic heterocycles. The Kier molecular flexibility index (Phi) is 4.11. The number of hydrogen-bond acceptors (Lipinski definition) is 6. The lowest BCUT2D eigenvalue weighted by molar-refractivity contribution is 0.325. The second-order valence-electron chi connectivity index (χ2n) is 3.66. The number of benzene rings is 1. The monoisotopic (exact) mass is 280 g/mol. The number of ether oxygens (including phenoxy) is 3. The van der Waals surface area contributed by atoms with E-state index in [2.05, 4.69) is 10.3 Å². The van der Waals surface area contributed by atoms with E-state index in [1.165, 1.54) is 0 Å². The molecule has 102 valence electrons. The Bertz CT molecular complexity index is 569. The van der Waals surface area contributed by atoms with Crippen molar-refractivity contribution < 1.29 is 14.2 Å². The first-order valence-corrected chi connectivity index (χ1v) is 6.49. The van der Waals surface area contributed by atoms with Crippen molar-refractivity contribution in [1.29, 1.82) is 0 Å². The number of rotatable bonds is 5. The van der Waals surface area contributed by atoms with Gasteiger partial charge in [-0.05, 0) is 12.1 Å². The molecule has 1 heterocycles. The molecule has 0 aliphatic heterocycles. The molecule has 2 rings (SSSR count). The van der Waals surface area contributed by atoms with Gasteiger partial charge in [-0.15, -0.1) is 0 Å². The van der Waals surface area contributed by atoms with Gasteiger partial charge in [0.25, 0.3) is 0 Å². The highest BCUT2D eigenvalue weighted by Crippen LogP contribution is 2.45. The third-order valence-electron chi connectivity index (χ3n) is 2.69. The fourth-order valence-electron chi connectivity index (χ4n) is 1.81. The van der Waals surface area contributed by atoms with Crippen molar-refractivity contribution in [2.45, 2.75) is 0 Å². The van der Waals surface area contributed by atoms with Crippen LogP contribution in [0.1, 0.15) is 0 Å². The highest BCUT2D eigenvalue weighted by Gasteiger charge is 2.18. The van der Waals surface area contributed by atoms with Gasteiger partial charge in [0.1, 0.15) is 0 Å². The Labute approximate surface area is 116 Å². The van der Waals surface area contributed by atoms with E-state index in [1.807, 2.05) is 19.2 Å². The number of anilines is 1. The number of nitrogens with one attached hydrogen (secondary N) is 1. The SMILES string of the molecule is CNc1ncc(-c2ccc(OC)c(OC)c2OC)s1. The Morgan fingerprint density at radius 3 is 2.32 bits per heavy atom. The van der Waals surface area contributed by atoms with Crippen LogP contribution in [0, 0.1) is 0 Å². The van der Waals surface area contributed by atoms with Crippen LogP contribution in [0.5, 0.6) is 17.2 Å². The zero-order chi connectivity index (χ0) is 13.8. The Morgan fingerprint density at radius 2 is 1.79 bits per heavy atom. The summed E-state index contributed by atoms with van der Waals surface area (Å²) in [4.78, 5) is 5.27. The van der Waals surface area contributed by atoms with Crippen molar-refractivity contribution in [1.82, 2.24) is 4.98 Å². The first kappa shape index (κ1) is 13.5. The molecule has 6 heteroatoms. The molecule has 0 unspecified atom stereocenters. The molecule has 0 aliphatic rings. The third kappa shape index (κ3) is 2.44. The van der Waals surface area contributed by atoms with Crippen LogP contribution < -0.4 is 19.5 Å². The molecule has 5 nitrogen and oxygen atoms in total. The fraction of sp³-hybridized carbons (Fsp3) is 0.308. The van der Waals surface area contributed by atoms with Crippen molar-refractivity contribution in [3.8, 4) is 27.7 Å². The van der Waals surface area contributed by atoms with Crippen LogP contribution in [0.15, 0.2) is 18.3 Å². The molecule has 1 aromatic carbocycles. The molecule has 0 saturated heterocycles. The molecular formula is C13H16N2O3S. The van der Waals surface area contributed by atoms with Crippen LogP contribution in [-0.4, -0.2) is 33.4 Å². The lowest BCUT2D eigenvalue weighted by Gasteiger charge is -2.14. The summed E-state index contributed by atoms with van der Waals surface area (Å²) in [5, 5.41) is 3.87. The van der Waals surface area contributed by atoms with E-state index in [4.69, 9.17) is 14.2 Å². The van der Waals surface area contributed by atoms with Crippen molar-refractivity contribution >= 4 is 16.5 Å². The Morgan fingerprint density at radius 1 is 1.05 bits per heavy atom. The highest BCUT2D eigenvalue weighted by atomic mass is 32.1. The molecule has 0 saturated carbocycles. The van der Waals surface area contributed by atoms with Gasteiger partial charge in [-0.1, -0.05) is 11.3 Å². The van der Waals surface area contributed by atoms with E-state index in [0.29, 0.717) is 17.2 Å². The minimum Gasteiger partial charge on any atom is -0.493 e. The third-order valence-corrected chi connectivity index (χ3v) is 3.74. The topological polar surface area (TPSA) is 52.6 Å². The molecule has 0 atom stereocenters. The summed E-state index contributed by atoms with van der Waals surface area (Å²) >= 11 is 1.55. The highest BCUT2D eigenvalue weighted by molar-refractivity contribution is 7.18. The maximum Gasteiger partial charge on any atom is 0.203 e. The van der Waals surface area contributed by atoms with Crippen LogP contribution >= 0.6 is 11.3 Å². The fourth-order valence-corrected chi connectivity index (χ4v) is 2.60. The number of thiazole rings is 1. The normalized spacial score (nSPS) is 10.1. The van der Waals surface area contributed by atoms with Crippen LogP contribution in [0.3, 0.4) is 0 Å². The van der Waals surface area contributed by atoms with Crippen molar-refractivity contribution in [3.05, 3.63) is 18.3 Å². The van der Waals surface area contributed by atoms with Gasteiger partial charge in [-0.3, -0.25) is 0 Å². The quantitative estimate of drug-likeness (QED) is 0.912. The number of aromatic nitrogens is 1. The van der Waals surface area contributed by atoms with Crippen molar-refractivity contribution in [3.63, 3.8) is 0 Å². The van der Waals surface area contributed by atoms with Crippen LogP contribution in [-0.2, 0) is 0 Å². The molecule has 0 fully saturated rings. The summed E-state index contributed by atoms with van der Waals surface area (Å²) < 4.78 is 16.1. The second-order valence-corrected chi connectivity index (χ2v) is 4.69. The first-order chi connectivity index (χ1) is 9.24. The molecule has 1 N–H and O–H groups in total. The largest absolute Gasteiger partial charge is 0.493 e. The summed E-state index contributed by atoms with van der Waals surface area (Å²) in [6, 6.07) is 3.79. The smallest absolute Gasteiger partial charge is 0.203 e. The van der Waals surface area contributed by atoms with Gasteiger partial charge in [0.05, 0.1) is 26.2 Å². The predicted octanol–water partition coefficient (Wildman–Crippen LogP) is 2.88. The summed E-state index contributed by atoms with van der Waals surface area (Å²) in [6.45, 7) is 0. The summed E-state index contributed by atoms with van der Waals surface area (Å²) in [5.74, 6) is 1.87. The van der Waals surface area contributed by atoms with Crippen molar-refractivity contribution in [2.24, 2.45) is 0 Å². The van der Waals surface area contributed by atoms with Crippen molar-refractivity contribution in [2.75, 3.05) is 33.7 Å². The number of methoxy groups -OCH3 is 3. The summed E-state index contributed by atoms with van der Waals surface area (Å²) in [7, 11) is 6.65. The van der Waals surface area contributed by atoms with Gasteiger partial charge in [0.15, 0.2) is 16.6 Å². The van der Waals surface area contributed by atoms with Gasteiger partial charge < -0.3 is 19.5 Å². The van der Waals surface area contributed by atoms with E-state index < -0.39 is 0 Å². The minimum absolute atomic E-state index is 0.585. The lowest BCUT2D eigenvalue weighted by atomic mass is 10.1. The lowest BCUT2D eigenvalue weighted by Crippen LogP contribution is -1.96. The Hall–Kier alpha value is -1.95. The van der Waals surface area contributed by atoms with E-state index >= 15 is 0 Å². The number of hydrogen-bond donors (Lipinski definition) is 1. The zero-order valence-corrected chi connectivity index (χ0v) is 12.1. The van der Waals surface area contributed by atoms with Crippen LogP contribution in [0.2, 0.25) is 0 Å². The van der Waals surface area contributed by atoms with Crippen LogP contribution in [0.25, 0.3) is 10.4 Å². The van der Waals surface area contributed by atoms with E-state index in [1.54, 1.807) is 38.9 Å². The van der Waals surface area contributed by atoms with E-state index in [0.717, 1.165) is 15.6 Å². The molecule has 0 aliphatic carbocycles. The predicted molar refractivity (Wildman–Crippen MR) is 76.8 cm³/mol. The maximum atomic E-state index is 5.46.